The molecule has 2 atom stereocenters. The molecule has 2 rings (SSSR count). The summed E-state index contributed by atoms with van der Waals surface area (Å²) in [6.45, 7) is 8.32. The van der Waals surface area contributed by atoms with E-state index in [4.69, 9.17) is 0 Å². The van der Waals surface area contributed by atoms with E-state index in [1.54, 1.807) is 8.61 Å². The van der Waals surface area contributed by atoms with Crippen LogP contribution in [0.1, 0.15) is 13.8 Å². The minimum Gasteiger partial charge on any atom is -0.314 e. The lowest BCUT2D eigenvalue weighted by atomic mass is 10.0. The highest BCUT2D eigenvalue weighted by atomic mass is 32.2. The highest BCUT2D eigenvalue weighted by molar-refractivity contribution is 7.86. The minimum absolute atomic E-state index is 0.470. The average Bonchev–Trinajstić information content (AvgIpc) is 2.61. The molecule has 0 saturated carbocycles. The van der Waals surface area contributed by atoms with E-state index in [1.165, 1.54) is 0 Å². The van der Waals surface area contributed by atoms with Crippen LogP contribution in [0, 0.1) is 11.8 Å². The molecule has 0 aromatic heterocycles. The van der Waals surface area contributed by atoms with Crippen LogP contribution in [0.3, 0.4) is 0 Å². The van der Waals surface area contributed by atoms with Gasteiger partial charge in [-0.3, -0.25) is 0 Å². The molecule has 2 heterocycles. The minimum atomic E-state index is -3.20. The van der Waals surface area contributed by atoms with Gasteiger partial charge in [-0.25, -0.2) is 0 Å². The smallest absolute Gasteiger partial charge is 0.282 e. The molecule has 2 aliphatic heterocycles. The molecular weight excluding hydrogens is 226 g/mol. The first-order chi connectivity index (χ1) is 7.51. The summed E-state index contributed by atoms with van der Waals surface area (Å²) in [5.74, 6) is 0.940. The summed E-state index contributed by atoms with van der Waals surface area (Å²) < 4.78 is 27.9. The molecule has 1 N–H and O–H groups in total. The first-order valence-corrected chi connectivity index (χ1v) is 7.37. The van der Waals surface area contributed by atoms with Gasteiger partial charge in [0.2, 0.25) is 0 Å². The van der Waals surface area contributed by atoms with Crippen LogP contribution in [0.4, 0.5) is 0 Å². The third kappa shape index (κ3) is 2.25. The van der Waals surface area contributed by atoms with E-state index >= 15 is 0 Å². The molecule has 94 valence electrons. The van der Waals surface area contributed by atoms with Crippen molar-refractivity contribution in [2.24, 2.45) is 11.8 Å². The number of hydrogen-bond donors (Lipinski definition) is 1. The van der Waals surface area contributed by atoms with Crippen molar-refractivity contribution in [3.8, 4) is 0 Å². The van der Waals surface area contributed by atoms with Crippen molar-refractivity contribution in [1.29, 1.82) is 0 Å². The average molecular weight is 247 g/mol. The predicted octanol–water partition coefficient (Wildman–Crippen LogP) is -0.276. The molecule has 2 aliphatic rings. The molecule has 0 bridgehead atoms. The molecule has 5 nitrogen and oxygen atoms in total. The maximum atomic E-state index is 12.3. The molecule has 2 fully saturated rings. The topological polar surface area (TPSA) is 52.7 Å². The molecule has 2 saturated heterocycles. The Hall–Kier alpha value is -0.170. The van der Waals surface area contributed by atoms with Crippen LogP contribution < -0.4 is 5.32 Å². The Kier molecular flexibility index (Phi) is 3.53. The molecule has 0 spiro atoms. The summed E-state index contributed by atoms with van der Waals surface area (Å²) in [6.07, 6.45) is 0. The highest BCUT2D eigenvalue weighted by Gasteiger charge is 2.37. The van der Waals surface area contributed by atoms with Gasteiger partial charge in [0.1, 0.15) is 0 Å². The summed E-state index contributed by atoms with van der Waals surface area (Å²) in [7, 11) is -3.20. The van der Waals surface area contributed by atoms with Crippen molar-refractivity contribution in [2.75, 3.05) is 39.3 Å². The normalized spacial score (nSPS) is 34.4. The number of nitrogens with zero attached hydrogens (tertiary/aromatic N) is 2. The summed E-state index contributed by atoms with van der Waals surface area (Å²) in [6, 6.07) is 0. The van der Waals surface area contributed by atoms with Gasteiger partial charge < -0.3 is 5.32 Å². The van der Waals surface area contributed by atoms with E-state index in [0.29, 0.717) is 38.0 Å². The molecular formula is C10H21N3O2S. The summed E-state index contributed by atoms with van der Waals surface area (Å²) in [5, 5.41) is 3.17. The van der Waals surface area contributed by atoms with Gasteiger partial charge in [-0.2, -0.15) is 17.0 Å². The number of rotatable bonds is 2. The van der Waals surface area contributed by atoms with Gasteiger partial charge in [-0.15, -0.1) is 0 Å². The van der Waals surface area contributed by atoms with Gasteiger partial charge >= 0.3 is 0 Å². The fourth-order valence-electron chi connectivity index (χ4n) is 2.30. The van der Waals surface area contributed by atoms with Crippen molar-refractivity contribution >= 4 is 10.2 Å². The largest absolute Gasteiger partial charge is 0.314 e. The number of piperazine rings is 1. The van der Waals surface area contributed by atoms with Gasteiger partial charge in [-0.05, 0) is 11.8 Å². The lowest BCUT2D eigenvalue weighted by molar-refractivity contribution is 0.324. The Morgan fingerprint density at radius 1 is 1.00 bits per heavy atom. The molecule has 0 aromatic carbocycles. The Morgan fingerprint density at radius 3 is 2.00 bits per heavy atom. The van der Waals surface area contributed by atoms with Crippen molar-refractivity contribution in [3.05, 3.63) is 0 Å². The Labute approximate surface area is 98.0 Å². The summed E-state index contributed by atoms with van der Waals surface area (Å²) in [4.78, 5) is 0. The third-order valence-electron chi connectivity index (χ3n) is 3.68. The van der Waals surface area contributed by atoms with Crippen LogP contribution in [0.5, 0.6) is 0 Å². The van der Waals surface area contributed by atoms with Crippen molar-refractivity contribution in [3.63, 3.8) is 0 Å². The second-order valence-electron chi connectivity index (χ2n) is 4.93. The highest BCUT2D eigenvalue weighted by Crippen LogP contribution is 2.26. The van der Waals surface area contributed by atoms with Crippen LogP contribution in [0.2, 0.25) is 0 Å². The zero-order valence-corrected chi connectivity index (χ0v) is 10.8. The van der Waals surface area contributed by atoms with E-state index in [2.05, 4.69) is 19.2 Å². The maximum Gasteiger partial charge on any atom is 0.282 e. The third-order valence-corrected chi connectivity index (χ3v) is 5.65. The monoisotopic (exact) mass is 247 g/mol. The number of hydrogen-bond acceptors (Lipinski definition) is 3. The Morgan fingerprint density at radius 2 is 1.50 bits per heavy atom. The fraction of sp³-hybridized carbons (Fsp3) is 1.00. The SMILES string of the molecule is CC1CN(S(=O)(=O)N2CCNCC2)CC1C. The molecule has 0 amide bonds. The molecule has 6 heteroatoms. The van der Waals surface area contributed by atoms with Crippen LogP contribution in [0.25, 0.3) is 0 Å². The summed E-state index contributed by atoms with van der Waals surface area (Å²) in [5.41, 5.74) is 0. The summed E-state index contributed by atoms with van der Waals surface area (Å²) >= 11 is 0. The van der Waals surface area contributed by atoms with Crippen molar-refractivity contribution in [2.45, 2.75) is 13.8 Å². The Bertz CT molecular complexity index is 328. The van der Waals surface area contributed by atoms with Crippen LogP contribution >= 0.6 is 0 Å². The molecule has 16 heavy (non-hydrogen) atoms. The lowest BCUT2D eigenvalue weighted by Gasteiger charge is -2.30. The van der Waals surface area contributed by atoms with E-state index in [9.17, 15) is 8.42 Å². The van der Waals surface area contributed by atoms with Crippen molar-refractivity contribution in [1.82, 2.24) is 13.9 Å². The second-order valence-corrected chi connectivity index (χ2v) is 6.86. The maximum absolute atomic E-state index is 12.3. The predicted molar refractivity (Wildman–Crippen MR) is 63.3 cm³/mol. The van der Waals surface area contributed by atoms with Gasteiger partial charge in [0, 0.05) is 39.3 Å². The fourth-order valence-corrected chi connectivity index (χ4v) is 4.12. The quantitative estimate of drug-likeness (QED) is 0.730. The van der Waals surface area contributed by atoms with Gasteiger partial charge in [0.25, 0.3) is 10.2 Å². The van der Waals surface area contributed by atoms with E-state index < -0.39 is 10.2 Å². The first kappa shape index (κ1) is 12.3. The van der Waals surface area contributed by atoms with Crippen molar-refractivity contribution < 1.29 is 8.42 Å². The zero-order valence-electron chi connectivity index (χ0n) is 10.0. The second kappa shape index (κ2) is 4.60. The number of nitrogens with one attached hydrogen (secondary N) is 1. The lowest BCUT2D eigenvalue weighted by Crippen LogP contribution is -2.51. The molecule has 0 aliphatic carbocycles. The van der Waals surface area contributed by atoms with Crippen LogP contribution in [-0.4, -0.2) is 56.3 Å². The molecule has 0 radical (unpaired) electrons. The van der Waals surface area contributed by atoms with Gasteiger partial charge in [-0.1, -0.05) is 13.8 Å². The molecule has 2 unspecified atom stereocenters. The van der Waals surface area contributed by atoms with E-state index in [-0.39, 0.29) is 0 Å². The Balaban J connectivity index is 2.07. The van der Waals surface area contributed by atoms with Gasteiger partial charge in [0.15, 0.2) is 0 Å². The van der Waals surface area contributed by atoms with E-state index in [1.807, 2.05) is 0 Å². The van der Waals surface area contributed by atoms with Crippen LogP contribution in [0.15, 0.2) is 0 Å². The zero-order chi connectivity index (χ0) is 11.8. The molecule has 0 aromatic rings. The standard InChI is InChI=1S/C10H21N3O2S/c1-9-7-13(8-10(9)2)16(14,15)12-5-3-11-4-6-12/h9-11H,3-8H2,1-2H3. The van der Waals surface area contributed by atoms with Gasteiger partial charge in [0.05, 0.1) is 0 Å². The van der Waals surface area contributed by atoms with Crippen LogP contribution in [-0.2, 0) is 10.2 Å². The first-order valence-electron chi connectivity index (χ1n) is 5.98. The van der Waals surface area contributed by atoms with E-state index in [0.717, 1.165) is 13.1 Å².